The molecule has 6 aromatic carbocycles. The minimum absolute atomic E-state index is 1.07. The SMILES string of the molecule is c1ccc(-c2ccc(-c3ccc(-c4ccccc4)c(CCCCCCn4c5ccccc5c5ccccc54)c3)cc2)cc1. The van der Waals surface area contributed by atoms with Crippen LogP contribution in [0.4, 0.5) is 0 Å². The van der Waals surface area contributed by atoms with Crippen LogP contribution in [0.3, 0.4) is 0 Å². The molecule has 1 heterocycles. The fourth-order valence-electron chi connectivity index (χ4n) is 6.55. The quantitative estimate of drug-likeness (QED) is 0.148. The predicted molar refractivity (Wildman–Crippen MR) is 184 cm³/mol. The number of rotatable bonds is 10. The van der Waals surface area contributed by atoms with E-state index in [9.17, 15) is 0 Å². The molecule has 0 bridgehead atoms. The van der Waals surface area contributed by atoms with Crippen molar-refractivity contribution in [1.82, 2.24) is 4.57 Å². The molecule has 0 fully saturated rings. The van der Waals surface area contributed by atoms with Crippen molar-refractivity contribution in [3.8, 4) is 33.4 Å². The zero-order chi connectivity index (χ0) is 28.8. The molecule has 7 rings (SSSR count). The molecule has 0 aliphatic rings. The van der Waals surface area contributed by atoms with Gasteiger partial charge in [0.2, 0.25) is 0 Å². The van der Waals surface area contributed by atoms with Crippen LogP contribution in [-0.2, 0) is 13.0 Å². The molecular formula is C42H37N. The van der Waals surface area contributed by atoms with Crippen LogP contribution in [0.2, 0.25) is 0 Å². The third kappa shape index (κ3) is 5.76. The maximum absolute atomic E-state index is 2.52. The predicted octanol–water partition coefficient (Wildman–Crippen LogP) is 11.6. The van der Waals surface area contributed by atoms with Gasteiger partial charge in [-0.25, -0.2) is 0 Å². The minimum Gasteiger partial charge on any atom is -0.340 e. The summed E-state index contributed by atoms with van der Waals surface area (Å²) in [6.07, 6.45) is 5.96. The van der Waals surface area contributed by atoms with E-state index in [2.05, 4.69) is 156 Å². The number of fused-ring (bicyclic) bond motifs is 3. The van der Waals surface area contributed by atoms with Crippen molar-refractivity contribution < 1.29 is 0 Å². The minimum atomic E-state index is 1.07. The molecule has 1 aromatic heterocycles. The van der Waals surface area contributed by atoms with E-state index in [0.29, 0.717) is 0 Å². The van der Waals surface area contributed by atoms with Crippen molar-refractivity contribution in [1.29, 1.82) is 0 Å². The lowest BCUT2D eigenvalue weighted by atomic mass is 9.91. The summed E-state index contributed by atoms with van der Waals surface area (Å²) < 4.78 is 2.52. The van der Waals surface area contributed by atoms with Crippen LogP contribution in [0.15, 0.2) is 152 Å². The van der Waals surface area contributed by atoms with Gasteiger partial charge in [0.1, 0.15) is 0 Å². The fourth-order valence-corrected chi connectivity index (χ4v) is 6.55. The molecule has 1 nitrogen and oxygen atoms in total. The third-order valence-electron chi connectivity index (χ3n) is 8.77. The van der Waals surface area contributed by atoms with Crippen LogP contribution < -0.4 is 0 Å². The lowest BCUT2D eigenvalue weighted by Crippen LogP contribution is -1.98. The van der Waals surface area contributed by atoms with Gasteiger partial charge in [0, 0.05) is 28.4 Å². The Kier molecular flexibility index (Phi) is 7.88. The summed E-state index contributed by atoms with van der Waals surface area (Å²) in [5, 5.41) is 2.72. The highest BCUT2D eigenvalue weighted by molar-refractivity contribution is 6.07. The largest absolute Gasteiger partial charge is 0.340 e. The summed E-state index contributed by atoms with van der Waals surface area (Å²) in [6, 6.07) is 55.2. The fraction of sp³-hybridized carbons (Fsp3) is 0.143. The van der Waals surface area contributed by atoms with Gasteiger partial charge in [0.05, 0.1) is 0 Å². The smallest absolute Gasteiger partial charge is 0.0491 e. The lowest BCUT2D eigenvalue weighted by molar-refractivity contribution is 0.589. The molecule has 0 amide bonds. The van der Waals surface area contributed by atoms with Gasteiger partial charge in [-0.1, -0.05) is 152 Å². The first-order valence-corrected chi connectivity index (χ1v) is 15.7. The first-order chi connectivity index (χ1) is 21.3. The number of para-hydroxylation sites is 2. The number of nitrogens with zero attached hydrogens (tertiary/aromatic N) is 1. The summed E-state index contributed by atoms with van der Waals surface area (Å²) in [6.45, 7) is 1.07. The zero-order valence-electron chi connectivity index (χ0n) is 24.6. The average Bonchev–Trinajstić information content (AvgIpc) is 3.40. The van der Waals surface area contributed by atoms with Crippen LogP contribution >= 0.6 is 0 Å². The first-order valence-electron chi connectivity index (χ1n) is 15.7. The maximum Gasteiger partial charge on any atom is 0.0491 e. The van der Waals surface area contributed by atoms with Gasteiger partial charge in [-0.3, -0.25) is 0 Å². The van der Waals surface area contributed by atoms with E-state index < -0.39 is 0 Å². The van der Waals surface area contributed by atoms with Gasteiger partial charge in [-0.2, -0.15) is 0 Å². The Balaban J connectivity index is 1.05. The van der Waals surface area contributed by atoms with Crippen molar-refractivity contribution in [2.75, 3.05) is 0 Å². The number of aromatic nitrogens is 1. The van der Waals surface area contributed by atoms with Crippen LogP contribution in [0.25, 0.3) is 55.2 Å². The molecule has 0 aliphatic heterocycles. The standard InChI is InChI=1S/C42H37N/c1(2-14-30-43-41-22-12-10-20-39(41)40-21-11-13-23-42(40)43)5-19-37-31-36(28-29-38(37)35-17-8-4-9-18-35)34-26-24-33(25-27-34)32-15-6-3-7-16-32/h3-4,6-13,15-18,20-29,31H,1-2,5,14,19,30H2. The van der Waals surface area contributed by atoms with Crippen LogP contribution in [0.5, 0.6) is 0 Å². The van der Waals surface area contributed by atoms with E-state index >= 15 is 0 Å². The monoisotopic (exact) mass is 555 g/mol. The van der Waals surface area contributed by atoms with E-state index in [4.69, 9.17) is 0 Å². The Morgan fingerprint density at radius 1 is 0.372 bits per heavy atom. The van der Waals surface area contributed by atoms with Gasteiger partial charge < -0.3 is 4.57 Å². The summed E-state index contributed by atoms with van der Waals surface area (Å²) in [7, 11) is 0. The van der Waals surface area contributed by atoms with Crippen LogP contribution in [0.1, 0.15) is 31.2 Å². The van der Waals surface area contributed by atoms with Gasteiger partial charge in [0.15, 0.2) is 0 Å². The summed E-state index contributed by atoms with van der Waals surface area (Å²) in [4.78, 5) is 0. The molecule has 0 spiro atoms. The topological polar surface area (TPSA) is 4.93 Å². The zero-order valence-corrected chi connectivity index (χ0v) is 24.6. The Hall–Kier alpha value is -4.88. The van der Waals surface area contributed by atoms with Gasteiger partial charge in [-0.15, -0.1) is 0 Å². The average molecular weight is 556 g/mol. The highest BCUT2D eigenvalue weighted by Gasteiger charge is 2.11. The highest BCUT2D eigenvalue weighted by Crippen LogP contribution is 2.32. The number of unbranched alkanes of at least 4 members (excludes halogenated alkanes) is 3. The molecule has 0 aliphatic carbocycles. The van der Waals surface area contributed by atoms with Crippen molar-refractivity contribution in [2.24, 2.45) is 0 Å². The van der Waals surface area contributed by atoms with Crippen molar-refractivity contribution in [2.45, 2.75) is 38.6 Å². The lowest BCUT2D eigenvalue weighted by Gasteiger charge is -2.14. The summed E-state index contributed by atoms with van der Waals surface area (Å²) in [5.41, 5.74) is 11.9. The second-order valence-electron chi connectivity index (χ2n) is 11.5. The molecule has 0 saturated heterocycles. The molecule has 0 N–H and O–H groups in total. The molecule has 0 atom stereocenters. The van der Waals surface area contributed by atoms with Crippen LogP contribution in [0, 0.1) is 0 Å². The maximum atomic E-state index is 2.52. The summed E-state index contributed by atoms with van der Waals surface area (Å²) >= 11 is 0. The summed E-state index contributed by atoms with van der Waals surface area (Å²) in [5.74, 6) is 0. The van der Waals surface area contributed by atoms with E-state index in [1.54, 1.807) is 0 Å². The van der Waals surface area contributed by atoms with Gasteiger partial charge in [0.25, 0.3) is 0 Å². The molecule has 0 saturated carbocycles. The molecule has 1 heteroatoms. The second-order valence-corrected chi connectivity index (χ2v) is 11.5. The first kappa shape index (κ1) is 27.0. The Labute approximate surface area is 255 Å². The highest BCUT2D eigenvalue weighted by atomic mass is 15.0. The number of aryl methyl sites for hydroxylation is 2. The third-order valence-corrected chi connectivity index (χ3v) is 8.77. The number of hydrogen-bond acceptors (Lipinski definition) is 0. The second kappa shape index (κ2) is 12.5. The Morgan fingerprint density at radius 2 is 0.860 bits per heavy atom. The van der Waals surface area contributed by atoms with Gasteiger partial charge in [-0.05, 0) is 70.3 Å². The van der Waals surface area contributed by atoms with Crippen molar-refractivity contribution in [3.05, 3.63) is 157 Å². The Morgan fingerprint density at radius 3 is 1.51 bits per heavy atom. The molecule has 43 heavy (non-hydrogen) atoms. The molecule has 0 unspecified atom stereocenters. The number of benzene rings is 6. The van der Waals surface area contributed by atoms with E-state index in [1.165, 1.54) is 86.4 Å². The Bertz CT molecular complexity index is 1890. The van der Waals surface area contributed by atoms with Gasteiger partial charge >= 0.3 is 0 Å². The van der Waals surface area contributed by atoms with E-state index in [0.717, 1.165) is 13.0 Å². The van der Waals surface area contributed by atoms with Crippen LogP contribution in [-0.4, -0.2) is 4.57 Å². The molecule has 0 radical (unpaired) electrons. The van der Waals surface area contributed by atoms with Crippen molar-refractivity contribution in [3.63, 3.8) is 0 Å². The van der Waals surface area contributed by atoms with E-state index in [-0.39, 0.29) is 0 Å². The molecule has 7 aromatic rings. The molecular weight excluding hydrogens is 518 g/mol. The van der Waals surface area contributed by atoms with E-state index in [1.807, 2.05) is 0 Å². The van der Waals surface area contributed by atoms with Crippen molar-refractivity contribution >= 4 is 21.8 Å². The molecule has 210 valence electrons. The number of hydrogen-bond donors (Lipinski definition) is 0. The normalized spacial score (nSPS) is 11.3.